The van der Waals surface area contributed by atoms with Crippen molar-refractivity contribution >= 4 is 11.3 Å². The number of thiazole rings is 1. The predicted octanol–water partition coefficient (Wildman–Crippen LogP) is 3.15. The third kappa shape index (κ3) is 4.05. The molecule has 0 fully saturated rings. The molecule has 1 aromatic carbocycles. The molecule has 0 aliphatic rings. The number of ether oxygens (including phenoxy) is 1. The van der Waals surface area contributed by atoms with Crippen molar-refractivity contribution in [3.05, 3.63) is 47.6 Å². The van der Waals surface area contributed by atoms with E-state index in [2.05, 4.69) is 24.0 Å². The number of rotatable bonds is 1. The molecule has 0 amide bonds. The Labute approximate surface area is 88.2 Å². The first kappa shape index (κ1) is 10.7. The molecule has 0 radical (unpaired) electrons. The van der Waals surface area contributed by atoms with Gasteiger partial charge in [0.05, 0.1) is 18.8 Å². The summed E-state index contributed by atoms with van der Waals surface area (Å²) < 4.78 is 4.81. The van der Waals surface area contributed by atoms with Crippen LogP contribution in [0.25, 0.3) is 0 Å². The Morgan fingerprint density at radius 2 is 1.93 bits per heavy atom. The van der Waals surface area contributed by atoms with E-state index in [9.17, 15) is 0 Å². The number of benzene rings is 1. The lowest BCUT2D eigenvalue weighted by Crippen LogP contribution is -1.73. The van der Waals surface area contributed by atoms with Gasteiger partial charge in [0, 0.05) is 0 Å². The van der Waals surface area contributed by atoms with Crippen molar-refractivity contribution in [2.24, 2.45) is 0 Å². The summed E-state index contributed by atoms with van der Waals surface area (Å²) in [6, 6.07) is 10.3. The average Bonchev–Trinajstić information content (AvgIpc) is 2.72. The van der Waals surface area contributed by atoms with Crippen LogP contribution in [0.1, 0.15) is 5.56 Å². The molecule has 2 rings (SSSR count). The van der Waals surface area contributed by atoms with Crippen LogP contribution in [0.2, 0.25) is 0 Å². The van der Waals surface area contributed by atoms with Crippen molar-refractivity contribution in [2.45, 2.75) is 6.92 Å². The summed E-state index contributed by atoms with van der Waals surface area (Å²) in [5, 5.41) is 0.861. The second-order valence-corrected chi connectivity index (χ2v) is 3.53. The van der Waals surface area contributed by atoms with E-state index in [4.69, 9.17) is 4.74 Å². The summed E-state index contributed by atoms with van der Waals surface area (Å²) in [6.45, 7) is 2.08. The largest absolute Gasteiger partial charge is 0.486 e. The summed E-state index contributed by atoms with van der Waals surface area (Å²) in [4.78, 5) is 3.79. The van der Waals surface area contributed by atoms with Crippen LogP contribution in [0.5, 0.6) is 5.06 Å². The summed E-state index contributed by atoms with van der Waals surface area (Å²) >= 11 is 1.49. The zero-order chi connectivity index (χ0) is 10.2. The van der Waals surface area contributed by atoms with Gasteiger partial charge in [-0.15, -0.1) is 0 Å². The monoisotopic (exact) mass is 207 g/mol. The number of nitrogens with zero attached hydrogens (tertiary/aromatic N) is 1. The molecule has 14 heavy (non-hydrogen) atoms. The Morgan fingerprint density at radius 1 is 1.21 bits per heavy atom. The molecule has 2 nitrogen and oxygen atoms in total. The van der Waals surface area contributed by atoms with Crippen molar-refractivity contribution in [1.82, 2.24) is 4.98 Å². The lowest BCUT2D eigenvalue weighted by atomic mass is 10.2. The van der Waals surface area contributed by atoms with Crippen molar-refractivity contribution < 1.29 is 4.74 Å². The van der Waals surface area contributed by atoms with Crippen LogP contribution in [0.4, 0.5) is 0 Å². The minimum Gasteiger partial charge on any atom is -0.486 e. The molecular weight excluding hydrogens is 194 g/mol. The molecule has 0 aliphatic carbocycles. The van der Waals surface area contributed by atoms with Crippen LogP contribution in [-0.4, -0.2) is 12.1 Å². The van der Waals surface area contributed by atoms with E-state index < -0.39 is 0 Å². The normalized spacial score (nSPS) is 8.71. The molecule has 0 aliphatic heterocycles. The highest BCUT2D eigenvalue weighted by Gasteiger charge is 1.84. The molecule has 0 bridgehead atoms. The van der Waals surface area contributed by atoms with Crippen LogP contribution in [-0.2, 0) is 0 Å². The van der Waals surface area contributed by atoms with Crippen LogP contribution >= 0.6 is 11.3 Å². The zero-order valence-corrected chi connectivity index (χ0v) is 9.12. The Kier molecular flexibility index (Phi) is 4.72. The lowest BCUT2D eigenvalue weighted by Gasteiger charge is -1.84. The van der Waals surface area contributed by atoms with Gasteiger partial charge in [-0.2, -0.15) is 0 Å². The molecule has 2 aromatic rings. The number of aromatic nitrogens is 1. The highest BCUT2D eigenvalue weighted by atomic mass is 32.1. The van der Waals surface area contributed by atoms with Gasteiger partial charge in [0.1, 0.15) is 0 Å². The molecule has 0 spiro atoms. The summed E-state index contributed by atoms with van der Waals surface area (Å²) in [5.41, 5.74) is 3.06. The minimum atomic E-state index is 0.861. The Morgan fingerprint density at radius 3 is 2.21 bits per heavy atom. The summed E-state index contributed by atoms with van der Waals surface area (Å²) in [7, 11) is 1.63. The second kappa shape index (κ2) is 6.16. The second-order valence-electron chi connectivity index (χ2n) is 2.68. The standard InChI is InChI=1S/C7H8.C4H5NOS/c1-7-5-3-2-4-6-7;1-6-4-2-5-3-7-4/h2-6H,1H3;2-3H,1H3. The third-order valence-electron chi connectivity index (χ3n) is 1.55. The molecule has 0 atom stereocenters. The predicted molar refractivity (Wildman–Crippen MR) is 59.8 cm³/mol. The molecule has 3 heteroatoms. The number of hydrogen-bond donors (Lipinski definition) is 0. The smallest absolute Gasteiger partial charge is 0.193 e. The van der Waals surface area contributed by atoms with E-state index in [1.807, 2.05) is 18.2 Å². The highest BCUT2D eigenvalue weighted by molar-refractivity contribution is 7.11. The van der Waals surface area contributed by atoms with Gasteiger partial charge < -0.3 is 4.74 Å². The zero-order valence-electron chi connectivity index (χ0n) is 8.31. The van der Waals surface area contributed by atoms with Gasteiger partial charge in [-0.3, -0.25) is 0 Å². The molecule has 0 unspecified atom stereocenters. The fourth-order valence-electron chi connectivity index (χ4n) is 0.839. The maximum Gasteiger partial charge on any atom is 0.193 e. The van der Waals surface area contributed by atoms with E-state index >= 15 is 0 Å². The SMILES string of the molecule is COc1cncs1.Cc1ccccc1. The number of aryl methyl sites for hydroxylation is 1. The number of hydrogen-bond acceptors (Lipinski definition) is 3. The van der Waals surface area contributed by atoms with Crippen molar-refractivity contribution in [3.63, 3.8) is 0 Å². The molecular formula is C11H13NOS. The molecule has 1 aromatic heterocycles. The summed E-state index contributed by atoms with van der Waals surface area (Å²) in [6.07, 6.45) is 1.69. The topological polar surface area (TPSA) is 22.1 Å². The number of methoxy groups -OCH3 is 1. The van der Waals surface area contributed by atoms with E-state index in [0.29, 0.717) is 0 Å². The van der Waals surface area contributed by atoms with Gasteiger partial charge in [-0.25, -0.2) is 4.98 Å². The van der Waals surface area contributed by atoms with Crippen LogP contribution in [0, 0.1) is 6.92 Å². The molecule has 0 saturated carbocycles. The Bertz CT molecular complexity index is 331. The van der Waals surface area contributed by atoms with Crippen LogP contribution in [0.3, 0.4) is 0 Å². The van der Waals surface area contributed by atoms with Gasteiger partial charge >= 0.3 is 0 Å². The fraction of sp³-hybridized carbons (Fsp3) is 0.182. The molecule has 1 heterocycles. The van der Waals surface area contributed by atoms with E-state index in [1.54, 1.807) is 18.8 Å². The van der Waals surface area contributed by atoms with Gasteiger partial charge in [-0.05, 0) is 6.92 Å². The fourth-order valence-corrected chi connectivity index (χ4v) is 1.28. The maximum atomic E-state index is 4.81. The first-order valence-corrected chi connectivity index (χ1v) is 5.15. The van der Waals surface area contributed by atoms with Gasteiger partial charge in [0.2, 0.25) is 0 Å². The van der Waals surface area contributed by atoms with E-state index in [-0.39, 0.29) is 0 Å². The molecule has 0 N–H and O–H groups in total. The van der Waals surface area contributed by atoms with Crippen LogP contribution in [0.15, 0.2) is 42.0 Å². The minimum absolute atomic E-state index is 0.861. The molecule has 74 valence electrons. The molecule has 0 saturated heterocycles. The van der Waals surface area contributed by atoms with Crippen molar-refractivity contribution in [3.8, 4) is 5.06 Å². The lowest BCUT2D eigenvalue weighted by molar-refractivity contribution is 0.426. The first-order valence-electron chi connectivity index (χ1n) is 4.27. The average molecular weight is 207 g/mol. The first-order chi connectivity index (χ1) is 6.83. The maximum absolute atomic E-state index is 4.81. The third-order valence-corrected chi connectivity index (χ3v) is 2.28. The Balaban J connectivity index is 0.000000140. The quantitative estimate of drug-likeness (QED) is 0.716. The Hall–Kier alpha value is -1.35. The van der Waals surface area contributed by atoms with Gasteiger partial charge in [0.15, 0.2) is 5.06 Å². The van der Waals surface area contributed by atoms with Gasteiger partial charge in [0.25, 0.3) is 0 Å². The van der Waals surface area contributed by atoms with Gasteiger partial charge in [-0.1, -0.05) is 47.2 Å². The highest BCUT2D eigenvalue weighted by Crippen LogP contribution is 2.13. The van der Waals surface area contributed by atoms with E-state index in [1.165, 1.54) is 16.9 Å². The van der Waals surface area contributed by atoms with E-state index in [0.717, 1.165) is 5.06 Å². The van der Waals surface area contributed by atoms with Crippen molar-refractivity contribution in [2.75, 3.05) is 7.11 Å². The van der Waals surface area contributed by atoms with Crippen molar-refractivity contribution in [1.29, 1.82) is 0 Å². The van der Waals surface area contributed by atoms with Crippen LogP contribution < -0.4 is 4.74 Å². The summed E-state index contributed by atoms with van der Waals surface area (Å²) in [5.74, 6) is 0.